The van der Waals surface area contributed by atoms with Crippen LogP contribution in [0.3, 0.4) is 0 Å². The minimum Gasteiger partial charge on any atom is -0.120 e. The lowest BCUT2D eigenvalue weighted by Gasteiger charge is -1.86. The maximum atomic E-state index is 3.54. The van der Waals surface area contributed by atoms with E-state index in [0.29, 0.717) is 0 Å². The van der Waals surface area contributed by atoms with Crippen molar-refractivity contribution in [1.82, 2.24) is 0 Å². The molecule has 0 N–H and O–H groups in total. The molecule has 0 heterocycles. The lowest BCUT2D eigenvalue weighted by Crippen LogP contribution is -1.68. The Morgan fingerprint density at radius 1 is 1.62 bits per heavy atom. The first-order chi connectivity index (χ1) is 3.84. The fourth-order valence-electron chi connectivity index (χ4n) is 0.708. The second-order valence-electron chi connectivity index (χ2n) is 1.80. The maximum Gasteiger partial charge on any atom is 0.0187 e. The third kappa shape index (κ3) is 0.661. The molecule has 0 saturated heterocycles. The second-order valence-corrected chi connectivity index (χ2v) is 1.80. The molecule has 0 spiro atoms. The van der Waals surface area contributed by atoms with E-state index in [2.05, 4.69) is 12.3 Å². The summed E-state index contributed by atoms with van der Waals surface area (Å²) in [5.74, 6) is 0. The van der Waals surface area contributed by atoms with Crippen molar-refractivity contribution in [2.24, 2.45) is 0 Å². The number of allylic oxidation sites excluding steroid dienone is 5. The molecular formula is C8H8. The molecule has 0 aliphatic heterocycles. The van der Waals surface area contributed by atoms with Crippen molar-refractivity contribution in [3.63, 3.8) is 0 Å². The fourth-order valence-corrected chi connectivity index (χ4v) is 0.708. The van der Waals surface area contributed by atoms with Crippen LogP contribution >= 0.6 is 0 Å². The van der Waals surface area contributed by atoms with Crippen molar-refractivity contribution in [2.75, 3.05) is 0 Å². The zero-order valence-electron chi connectivity index (χ0n) is 4.94. The molecule has 1 aliphatic carbocycles. The molecule has 1 aliphatic rings. The molecule has 0 atom stereocenters. The van der Waals surface area contributed by atoms with Crippen LogP contribution in [0, 0.1) is 0 Å². The Morgan fingerprint density at radius 3 is 2.62 bits per heavy atom. The Morgan fingerprint density at radius 2 is 2.38 bits per heavy atom. The van der Waals surface area contributed by atoms with Gasteiger partial charge < -0.3 is 0 Å². The summed E-state index contributed by atoms with van der Waals surface area (Å²) in [6, 6.07) is 0. The monoisotopic (exact) mass is 104 g/mol. The number of hydrogen-bond acceptors (Lipinski definition) is 0. The fraction of sp³-hybridized carbons (Fsp3) is 0.125. The summed E-state index contributed by atoms with van der Waals surface area (Å²) >= 11 is 0. The van der Waals surface area contributed by atoms with E-state index in [0.717, 1.165) is 5.57 Å². The number of hydrogen-bond donors (Lipinski definition) is 0. The van der Waals surface area contributed by atoms with E-state index in [1.165, 1.54) is 5.57 Å². The lowest BCUT2D eigenvalue weighted by atomic mass is 10.2. The molecular weight excluding hydrogens is 96.1 g/mol. The van der Waals surface area contributed by atoms with Gasteiger partial charge in [0, 0.05) is 5.57 Å². The van der Waals surface area contributed by atoms with Crippen LogP contribution in [0.5, 0.6) is 0 Å². The van der Waals surface area contributed by atoms with Gasteiger partial charge in [-0.15, -0.1) is 5.73 Å². The Kier molecular flexibility index (Phi) is 1.19. The first kappa shape index (κ1) is 5.14. The molecule has 40 valence electrons. The van der Waals surface area contributed by atoms with Gasteiger partial charge in [0.1, 0.15) is 0 Å². The van der Waals surface area contributed by atoms with E-state index in [-0.39, 0.29) is 0 Å². The van der Waals surface area contributed by atoms with Gasteiger partial charge in [-0.1, -0.05) is 18.7 Å². The zero-order valence-corrected chi connectivity index (χ0v) is 4.94. The molecule has 0 aromatic heterocycles. The Labute approximate surface area is 49.5 Å². The molecule has 1 rings (SSSR count). The average Bonchev–Trinajstić information content (AvgIpc) is 2.14. The zero-order chi connectivity index (χ0) is 5.98. The van der Waals surface area contributed by atoms with Crippen LogP contribution in [0.1, 0.15) is 6.92 Å². The highest BCUT2D eigenvalue weighted by Gasteiger charge is 1.96. The molecule has 0 saturated carbocycles. The Bertz CT molecular complexity index is 198. The smallest absolute Gasteiger partial charge is 0.0187 e. The SMILES string of the molecule is C=C=C1C=CC=C1C. The summed E-state index contributed by atoms with van der Waals surface area (Å²) in [5.41, 5.74) is 5.19. The lowest BCUT2D eigenvalue weighted by molar-refractivity contribution is 1.49. The summed E-state index contributed by atoms with van der Waals surface area (Å²) in [7, 11) is 0. The maximum absolute atomic E-state index is 3.54. The molecule has 0 bridgehead atoms. The van der Waals surface area contributed by atoms with Gasteiger partial charge in [0.25, 0.3) is 0 Å². The van der Waals surface area contributed by atoms with Gasteiger partial charge in [0.2, 0.25) is 0 Å². The van der Waals surface area contributed by atoms with E-state index in [9.17, 15) is 0 Å². The summed E-state index contributed by atoms with van der Waals surface area (Å²) < 4.78 is 0. The largest absolute Gasteiger partial charge is 0.120 e. The molecule has 0 nitrogen and oxygen atoms in total. The van der Waals surface area contributed by atoms with Gasteiger partial charge >= 0.3 is 0 Å². The minimum atomic E-state index is 1.12. The van der Waals surface area contributed by atoms with Crippen LogP contribution in [0.15, 0.2) is 41.7 Å². The van der Waals surface area contributed by atoms with E-state index in [1.54, 1.807) is 0 Å². The third-order valence-corrected chi connectivity index (χ3v) is 1.22. The topological polar surface area (TPSA) is 0 Å². The predicted molar refractivity (Wildman–Crippen MR) is 35.5 cm³/mol. The highest BCUT2D eigenvalue weighted by atomic mass is 14.0. The van der Waals surface area contributed by atoms with Crippen molar-refractivity contribution in [2.45, 2.75) is 6.92 Å². The summed E-state index contributed by atoms with van der Waals surface area (Å²) in [6.07, 6.45) is 6.05. The highest BCUT2D eigenvalue weighted by Crippen LogP contribution is 2.14. The van der Waals surface area contributed by atoms with Gasteiger partial charge in [0.15, 0.2) is 0 Å². The van der Waals surface area contributed by atoms with Gasteiger partial charge in [-0.3, -0.25) is 0 Å². The summed E-state index contributed by atoms with van der Waals surface area (Å²) in [4.78, 5) is 0. The van der Waals surface area contributed by atoms with Crippen LogP contribution in [0.2, 0.25) is 0 Å². The van der Waals surface area contributed by atoms with Crippen LogP contribution < -0.4 is 0 Å². The normalized spacial score (nSPS) is 16.1. The van der Waals surface area contributed by atoms with Crippen LogP contribution in [-0.4, -0.2) is 0 Å². The minimum absolute atomic E-state index is 1.12. The van der Waals surface area contributed by atoms with Crippen molar-refractivity contribution in [1.29, 1.82) is 0 Å². The van der Waals surface area contributed by atoms with Crippen molar-refractivity contribution in [3.8, 4) is 0 Å². The molecule has 0 fully saturated rings. The third-order valence-electron chi connectivity index (χ3n) is 1.22. The van der Waals surface area contributed by atoms with Crippen LogP contribution in [-0.2, 0) is 0 Å². The second kappa shape index (κ2) is 1.85. The Balaban J connectivity index is 3.05. The van der Waals surface area contributed by atoms with E-state index in [1.807, 2.05) is 25.2 Å². The molecule has 0 amide bonds. The van der Waals surface area contributed by atoms with E-state index < -0.39 is 0 Å². The van der Waals surface area contributed by atoms with Crippen LogP contribution in [0.4, 0.5) is 0 Å². The summed E-state index contributed by atoms with van der Waals surface area (Å²) in [5, 5.41) is 0. The molecule has 8 heavy (non-hydrogen) atoms. The predicted octanol–water partition coefficient (Wildman–Crippen LogP) is 2.21. The van der Waals surface area contributed by atoms with E-state index in [4.69, 9.17) is 0 Å². The van der Waals surface area contributed by atoms with Gasteiger partial charge in [0.05, 0.1) is 0 Å². The first-order valence-electron chi connectivity index (χ1n) is 2.60. The molecule has 0 radical (unpaired) electrons. The van der Waals surface area contributed by atoms with Crippen molar-refractivity contribution >= 4 is 0 Å². The van der Waals surface area contributed by atoms with Gasteiger partial charge in [-0.05, 0) is 18.6 Å². The molecule has 0 heteroatoms. The summed E-state index contributed by atoms with van der Waals surface area (Å²) in [6.45, 7) is 5.59. The average molecular weight is 104 g/mol. The number of rotatable bonds is 0. The Hall–Kier alpha value is -1.00. The van der Waals surface area contributed by atoms with Gasteiger partial charge in [-0.2, -0.15) is 0 Å². The molecule has 0 aromatic rings. The van der Waals surface area contributed by atoms with Crippen LogP contribution in [0.25, 0.3) is 0 Å². The first-order valence-corrected chi connectivity index (χ1v) is 2.60. The molecule has 0 unspecified atom stereocenters. The highest BCUT2D eigenvalue weighted by molar-refractivity contribution is 5.46. The van der Waals surface area contributed by atoms with Gasteiger partial charge in [-0.25, -0.2) is 0 Å². The standard InChI is InChI=1S/C8H8/c1-3-8-6-4-5-7(8)2/h4-6H,1H2,2H3. The quantitative estimate of drug-likeness (QED) is 0.413. The molecule has 0 aromatic carbocycles. The van der Waals surface area contributed by atoms with E-state index >= 15 is 0 Å². The van der Waals surface area contributed by atoms with Crippen molar-refractivity contribution in [3.05, 3.63) is 41.7 Å². The van der Waals surface area contributed by atoms with Crippen molar-refractivity contribution < 1.29 is 0 Å².